The second kappa shape index (κ2) is 5.93. The molecule has 0 aromatic heterocycles. The Bertz CT molecular complexity index is 501. The van der Waals surface area contributed by atoms with E-state index in [1.54, 1.807) is 12.1 Å². The fraction of sp³-hybridized carbons (Fsp3) is 0.385. The summed E-state index contributed by atoms with van der Waals surface area (Å²) in [5, 5.41) is 5.95. The first-order valence-electron chi connectivity index (χ1n) is 6.19. The summed E-state index contributed by atoms with van der Waals surface area (Å²) in [6.45, 7) is 0.305. The fourth-order valence-corrected chi connectivity index (χ4v) is 1.72. The van der Waals surface area contributed by atoms with Crippen LogP contribution in [0.15, 0.2) is 18.2 Å². The topological polar surface area (TPSA) is 84.2 Å². The Labute approximate surface area is 116 Å². The molecule has 19 heavy (non-hydrogen) atoms. The Morgan fingerprint density at radius 3 is 2.74 bits per heavy atom. The summed E-state index contributed by atoms with van der Waals surface area (Å²) < 4.78 is 0. The summed E-state index contributed by atoms with van der Waals surface area (Å²) in [5.41, 5.74) is 6.42. The molecule has 1 aliphatic carbocycles. The van der Waals surface area contributed by atoms with Gasteiger partial charge >= 0.3 is 0 Å². The van der Waals surface area contributed by atoms with E-state index >= 15 is 0 Å². The van der Waals surface area contributed by atoms with Gasteiger partial charge in [-0.3, -0.25) is 9.59 Å². The van der Waals surface area contributed by atoms with Gasteiger partial charge in [-0.2, -0.15) is 0 Å². The van der Waals surface area contributed by atoms with Crippen LogP contribution in [0.2, 0.25) is 5.02 Å². The molecule has 0 aliphatic heterocycles. The van der Waals surface area contributed by atoms with E-state index in [0.29, 0.717) is 28.9 Å². The maximum atomic E-state index is 11.8. The van der Waals surface area contributed by atoms with E-state index in [4.69, 9.17) is 17.3 Å². The fourth-order valence-electron chi connectivity index (χ4n) is 1.60. The number of nitrogens with one attached hydrogen (secondary N) is 2. The van der Waals surface area contributed by atoms with E-state index < -0.39 is 0 Å². The zero-order valence-electron chi connectivity index (χ0n) is 10.4. The van der Waals surface area contributed by atoms with Gasteiger partial charge in [0.2, 0.25) is 5.91 Å². The Kier molecular flexibility index (Phi) is 4.27. The third kappa shape index (κ3) is 4.13. The number of rotatable bonds is 5. The van der Waals surface area contributed by atoms with Crippen LogP contribution in [-0.4, -0.2) is 24.4 Å². The van der Waals surface area contributed by atoms with Crippen molar-refractivity contribution in [3.8, 4) is 0 Å². The molecular formula is C13H16ClN3O2. The van der Waals surface area contributed by atoms with Crippen molar-refractivity contribution >= 4 is 29.1 Å². The molecule has 102 valence electrons. The minimum Gasteiger partial charge on any atom is -0.398 e. The SMILES string of the molecule is Nc1cc(C(=O)NCCC(=O)NC2CC2)ccc1Cl. The van der Waals surface area contributed by atoms with Crippen LogP contribution in [0.5, 0.6) is 0 Å². The van der Waals surface area contributed by atoms with Crippen molar-refractivity contribution in [2.45, 2.75) is 25.3 Å². The van der Waals surface area contributed by atoms with Crippen LogP contribution in [0.25, 0.3) is 0 Å². The van der Waals surface area contributed by atoms with Crippen molar-refractivity contribution in [1.29, 1.82) is 0 Å². The number of amides is 2. The number of carbonyl (C=O) groups is 2. The van der Waals surface area contributed by atoms with Crippen LogP contribution < -0.4 is 16.4 Å². The molecule has 2 rings (SSSR count). The predicted molar refractivity (Wildman–Crippen MR) is 74.0 cm³/mol. The average molecular weight is 282 g/mol. The molecule has 2 amide bonds. The number of hydrogen-bond acceptors (Lipinski definition) is 3. The van der Waals surface area contributed by atoms with Gasteiger partial charge in [-0.05, 0) is 31.0 Å². The number of benzene rings is 1. The van der Waals surface area contributed by atoms with Crippen LogP contribution in [0, 0.1) is 0 Å². The summed E-state index contributed by atoms with van der Waals surface area (Å²) >= 11 is 5.78. The second-order valence-electron chi connectivity index (χ2n) is 4.58. The molecule has 0 unspecified atom stereocenters. The van der Waals surface area contributed by atoms with Gasteiger partial charge in [-0.1, -0.05) is 11.6 Å². The highest BCUT2D eigenvalue weighted by molar-refractivity contribution is 6.33. The molecule has 1 saturated carbocycles. The first-order valence-corrected chi connectivity index (χ1v) is 6.56. The smallest absolute Gasteiger partial charge is 0.251 e. The van der Waals surface area contributed by atoms with Crippen LogP contribution in [0.1, 0.15) is 29.6 Å². The quantitative estimate of drug-likeness (QED) is 0.712. The van der Waals surface area contributed by atoms with Gasteiger partial charge in [0.15, 0.2) is 0 Å². The molecule has 6 heteroatoms. The molecule has 1 aromatic carbocycles. The lowest BCUT2D eigenvalue weighted by Gasteiger charge is -2.07. The third-order valence-electron chi connectivity index (χ3n) is 2.84. The van der Waals surface area contributed by atoms with Gasteiger partial charge in [0.1, 0.15) is 0 Å². The molecule has 0 bridgehead atoms. The molecule has 1 aromatic rings. The van der Waals surface area contributed by atoms with Crippen molar-refractivity contribution in [1.82, 2.24) is 10.6 Å². The van der Waals surface area contributed by atoms with Gasteiger partial charge in [0.25, 0.3) is 5.91 Å². The normalized spacial score (nSPS) is 13.9. The van der Waals surface area contributed by atoms with E-state index in [1.165, 1.54) is 6.07 Å². The highest BCUT2D eigenvalue weighted by Gasteiger charge is 2.22. The molecule has 0 heterocycles. The van der Waals surface area contributed by atoms with Crippen molar-refractivity contribution < 1.29 is 9.59 Å². The maximum Gasteiger partial charge on any atom is 0.251 e. The summed E-state index contributed by atoms with van der Waals surface area (Å²) in [7, 11) is 0. The number of halogens is 1. The molecule has 1 aliphatic rings. The predicted octanol–water partition coefficient (Wildman–Crippen LogP) is 1.32. The highest BCUT2D eigenvalue weighted by Crippen LogP contribution is 2.19. The van der Waals surface area contributed by atoms with Gasteiger partial charge < -0.3 is 16.4 Å². The zero-order valence-corrected chi connectivity index (χ0v) is 11.2. The summed E-state index contributed by atoms with van der Waals surface area (Å²) in [6.07, 6.45) is 2.40. The highest BCUT2D eigenvalue weighted by atomic mass is 35.5. The monoisotopic (exact) mass is 281 g/mol. The maximum absolute atomic E-state index is 11.8. The number of carbonyl (C=O) groups excluding carboxylic acids is 2. The van der Waals surface area contributed by atoms with Gasteiger partial charge in [0, 0.05) is 24.6 Å². The Hall–Kier alpha value is -1.75. The van der Waals surface area contributed by atoms with Crippen LogP contribution in [-0.2, 0) is 4.79 Å². The largest absolute Gasteiger partial charge is 0.398 e. The Morgan fingerprint density at radius 2 is 2.11 bits per heavy atom. The zero-order chi connectivity index (χ0) is 13.8. The van der Waals surface area contributed by atoms with Crippen LogP contribution in [0.4, 0.5) is 5.69 Å². The lowest BCUT2D eigenvalue weighted by atomic mass is 10.2. The molecule has 0 atom stereocenters. The number of nitrogen functional groups attached to an aromatic ring is 1. The number of nitrogens with two attached hydrogens (primary N) is 1. The van der Waals surface area contributed by atoms with Gasteiger partial charge in [-0.25, -0.2) is 0 Å². The molecule has 0 spiro atoms. The minimum absolute atomic E-state index is 0.0292. The summed E-state index contributed by atoms with van der Waals surface area (Å²) in [5.74, 6) is -0.291. The van der Waals surface area contributed by atoms with Gasteiger partial charge in [0.05, 0.1) is 10.7 Å². The van der Waals surface area contributed by atoms with Gasteiger partial charge in [-0.15, -0.1) is 0 Å². The van der Waals surface area contributed by atoms with E-state index in [0.717, 1.165) is 12.8 Å². The van der Waals surface area contributed by atoms with Crippen LogP contribution >= 0.6 is 11.6 Å². The van der Waals surface area contributed by atoms with Crippen molar-refractivity contribution in [3.63, 3.8) is 0 Å². The average Bonchev–Trinajstić information content (AvgIpc) is 3.16. The van der Waals surface area contributed by atoms with E-state index in [2.05, 4.69) is 10.6 Å². The number of hydrogen-bond donors (Lipinski definition) is 3. The molecular weight excluding hydrogens is 266 g/mol. The standard InChI is InChI=1S/C13H16ClN3O2/c14-10-4-1-8(7-11(10)15)13(19)16-6-5-12(18)17-9-2-3-9/h1,4,7,9H,2-3,5-6,15H2,(H,16,19)(H,17,18). The molecule has 5 nitrogen and oxygen atoms in total. The lowest BCUT2D eigenvalue weighted by Crippen LogP contribution is -2.31. The Morgan fingerprint density at radius 1 is 1.37 bits per heavy atom. The second-order valence-corrected chi connectivity index (χ2v) is 4.99. The summed E-state index contributed by atoms with van der Waals surface area (Å²) in [6, 6.07) is 5.03. The van der Waals surface area contributed by atoms with E-state index in [9.17, 15) is 9.59 Å². The van der Waals surface area contributed by atoms with Crippen molar-refractivity contribution in [2.24, 2.45) is 0 Å². The summed E-state index contributed by atoms with van der Waals surface area (Å²) in [4.78, 5) is 23.2. The first-order chi connectivity index (χ1) is 9.06. The lowest BCUT2D eigenvalue weighted by molar-refractivity contribution is -0.121. The molecule has 1 fully saturated rings. The molecule has 4 N–H and O–H groups in total. The van der Waals surface area contributed by atoms with Crippen LogP contribution in [0.3, 0.4) is 0 Å². The third-order valence-corrected chi connectivity index (χ3v) is 3.18. The Balaban J connectivity index is 1.76. The molecule has 0 radical (unpaired) electrons. The first kappa shape index (κ1) is 13.7. The van der Waals surface area contributed by atoms with Crippen molar-refractivity contribution in [2.75, 3.05) is 12.3 Å². The minimum atomic E-state index is -0.261. The van der Waals surface area contributed by atoms with E-state index in [1.807, 2.05) is 0 Å². The number of anilines is 1. The van der Waals surface area contributed by atoms with Crippen molar-refractivity contribution in [3.05, 3.63) is 28.8 Å². The molecule has 0 saturated heterocycles. The van der Waals surface area contributed by atoms with E-state index in [-0.39, 0.29) is 18.2 Å².